The van der Waals surface area contributed by atoms with Crippen molar-refractivity contribution >= 4 is 11.8 Å². The molecule has 8 heteroatoms. The Morgan fingerprint density at radius 3 is 2.40 bits per heavy atom. The van der Waals surface area contributed by atoms with E-state index in [1.807, 2.05) is 67.9 Å². The van der Waals surface area contributed by atoms with Crippen molar-refractivity contribution in [3.8, 4) is 11.1 Å². The molecule has 184 valence electrons. The summed E-state index contributed by atoms with van der Waals surface area (Å²) < 4.78 is 1.84. The van der Waals surface area contributed by atoms with Gasteiger partial charge in [0.15, 0.2) is 0 Å². The molecule has 3 atom stereocenters. The number of amides is 2. The van der Waals surface area contributed by atoms with Crippen LogP contribution < -0.4 is 5.32 Å². The average molecular weight is 476 g/mol. The van der Waals surface area contributed by atoms with Crippen molar-refractivity contribution in [1.82, 2.24) is 24.8 Å². The van der Waals surface area contributed by atoms with Gasteiger partial charge in [0.25, 0.3) is 0 Å². The molecular weight excluding hydrogens is 442 g/mol. The molecule has 3 heterocycles. The molecule has 2 aromatic heterocycles. The lowest BCUT2D eigenvalue weighted by molar-refractivity contribution is -0.142. The molecule has 0 aliphatic carbocycles. The largest absolute Gasteiger partial charge is 0.394 e. The van der Waals surface area contributed by atoms with Crippen molar-refractivity contribution in [3.05, 3.63) is 72.6 Å². The lowest BCUT2D eigenvalue weighted by Gasteiger charge is -2.31. The Morgan fingerprint density at radius 2 is 1.80 bits per heavy atom. The average Bonchev–Trinajstić information content (AvgIpc) is 3.52. The minimum Gasteiger partial charge on any atom is -0.394 e. The molecule has 0 spiro atoms. The second kappa shape index (κ2) is 10.8. The maximum Gasteiger partial charge on any atom is 0.246 e. The Labute approximate surface area is 206 Å². The molecule has 35 heavy (non-hydrogen) atoms. The summed E-state index contributed by atoms with van der Waals surface area (Å²) in [5, 5.41) is 13.0. The molecule has 1 aliphatic rings. The number of pyridine rings is 1. The van der Waals surface area contributed by atoms with Crippen LogP contribution in [0.15, 0.2) is 61.3 Å². The maximum atomic E-state index is 13.6. The summed E-state index contributed by atoms with van der Waals surface area (Å²) in [6.45, 7) is 6.20. The second-order valence-corrected chi connectivity index (χ2v) is 9.44. The van der Waals surface area contributed by atoms with E-state index in [0.717, 1.165) is 28.8 Å². The molecule has 1 fully saturated rings. The fourth-order valence-corrected chi connectivity index (χ4v) is 4.78. The van der Waals surface area contributed by atoms with Crippen molar-refractivity contribution in [2.75, 3.05) is 13.2 Å². The van der Waals surface area contributed by atoms with Crippen LogP contribution in [0.2, 0.25) is 0 Å². The lowest BCUT2D eigenvalue weighted by atomic mass is 10.0. The molecule has 2 N–H and O–H groups in total. The van der Waals surface area contributed by atoms with E-state index in [0.29, 0.717) is 13.0 Å². The smallest absolute Gasteiger partial charge is 0.246 e. The van der Waals surface area contributed by atoms with Gasteiger partial charge in [-0.25, -0.2) is 4.98 Å². The van der Waals surface area contributed by atoms with Crippen molar-refractivity contribution in [3.63, 3.8) is 0 Å². The molecule has 1 aromatic carbocycles. The quantitative estimate of drug-likeness (QED) is 0.521. The first-order valence-electron chi connectivity index (χ1n) is 12.1. The van der Waals surface area contributed by atoms with E-state index < -0.39 is 18.1 Å². The molecule has 0 unspecified atom stereocenters. The first-order chi connectivity index (χ1) is 16.9. The highest BCUT2D eigenvalue weighted by Gasteiger charge is 2.39. The van der Waals surface area contributed by atoms with Crippen LogP contribution in [0.25, 0.3) is 11.1 Å². The van der Waals surface area contributed by atoms with Gasteiger partial charge >= 0.3 is 0 Å². The number of nitrogens with zero attached hydrogens (tertiary/aromatic N) is 4. The van der Waals surface area contributed by atoms with E-state index in [1.165, 1.54) is 0 Å². The second-order valence-electron chi connectivity index (χ2n) is 9.44. The topological polar surface area (TPSA) is 100 Å². The molecule has 1 saturated heterocycles. The number of carbonyl (C=O) groups is 2. The van der Waals surface area contributed by atoms with E-state index in [9.17, 15) is 14.7 Å². The Balaban J connectivity index is 1.47. The Morgan fingerprint density at radius 1 is 1.11 bits per heavy atom. The van der Waals surface area contributed by atoms with Gasteiger partial charge in [0.2, 0.25) is 11.8 Å². The van der Waals surface area contributed by atoms with Gasteiger partial charge in [-0.2, -0.15) is 0 Å². The monoisotopic (exact) mass is 475 g/mol. The molecule has 0 radical (unpaired) electrons. The van der Waals surface area contributed by atoms with Gasteiger partial charge < -0.3 is 19.9 Å². The molecule has 0 bridgehead atoms. The van der Waals surface area contributed by atoms with Crippen LogP contribution >= 0.6 is 0 Å². The summed E-state index contributed by atoms with van der Waals surface area (Å²) in [5.41, 5.74) is 3.73. The third-order valence-electron chi connectivity index (χ3n) is 6.60. The van der Waals surface area contributed by atoms with Gasteiger partial charge in [-0.05, 0) is 54.5 Å². The van der Waals surface area contributed by atoms with Gasteiger partial charge in [-0.3, -0.25) is 14.6 Å². The molecule has 3 aromatic rings. The molecule has 2 amide bonds. The van der Waals surface area contributed by atoms with Gasteiger partial charge in [-0.1, -0.05) is 38.1 Å². The molecule has 8 nitrogen and oxygen atoms in total. The predicted octanol–water partition coefficient (Wildman–Crippen LogP) is 3.29. The minimum absolute atomic E-state index is 0.0458. The zero-order valence-electron chi connectivity index (χ0n) is 20.5. The summed E-state index contributed by atoms with van der Waals surface area (Å²) >= 11 is 0. The van der Waals surface area contributed by atoms with Gasteiger partial charge in [0, 0.05) is 25.1 Å². The van der Waals surface area contributed by atoms with Crippen LogP contribution in [0.5, 0.6) is 0 Å². The number of hydrogen-bond donors (Lipinski definition) is 2. The standard InChI is InChI=1S/C27H33N5O3/c1-18(2)25(31-15-19(3)29-17-31)27(35)32-14-4-5-24(32)26(34)30-23(16-33)22-8-6-20(7-9-22)21-10-12-28-13-11-21/h6-13,15,17-18,23-25,33H,4-5,14,16H2,1-3H3,(H,30,34)/t23-,24-,25-/m0/s1. The fraction of sp³-hybridized carbons (Fsp3) is 0.407. The number of aryl methyl sites for hydroxylation is 1. The zero-order chi connectivity index (χ0) is 24.9. The van der Waals surface area contributed by atoms with Gasteiger partial charge in [-0.15, -0.1) is 0 Å². The van der Waals surface area contributed by atoms with Crippen molar-refractivity contribution in [2.45, 2.75) is 51.7 Å². The van der Waals surface area contributed by atoms with Crippen LogP contribution in [-0.4, -0.2) is 55.5 Å². The number of benzene rings is 1. The van der Waals surface area contributed by atoms with E-state index in [2.05, 4.69) is 15.3 Å². The van der Waals surface area contributed by atoms with Crippen LogP contribution in [0, 0.1) is 12.8 Å². The number of aromatic nitrogens is 3. The first-order valence-corrected chi connectivity index (χ1v) is 12.1. The van der Waals surface area contributed by atoms with E-state index >= 15 is 0 Å². The minimum atomic E-state index is -0.557. The summed E-state index contributed by atoms with van der Waals surface area (Å²) in [7, 11) is 0. The Hall–Kier alpha value is -3.52. The van der Waals surface area contributed by atoms with Crippen molar-refractivity contribution < 1.29 is 14.7 Å². The number of aliphatic hydroxyl groups is 1. The van der Waals surface area contributed by atoms with E-state index in [1.54, 1.807) is 23.6 Å². The van der Waals surface area contributed by atoms with Crippen LogP contribution in [0.1, 0.15) is 50.0 Å². The Bertz CT molecular complexity index is 1140. The molecule has 4 rings (SSSR count). The number of rotatable bonds is 8. The Kier molecular flexibility index (Phi) is 7.60. The number of carbonyl (C=O) groups excluding carboxylic acids is 2. The van der Waals surface area contributed by atoms with Gasteiger partial charge in [0.1, 0.15) is 12.1 Å². The summed E-state index contributed by atoms with van der Waals surface area (Å²) in [4.78, 5) is 36.8. The number of nitrogens with one attached hydrogen (secondary N) is 1. The molecule has 0 saturated carbocycles. The van der Waals surface area contributed by atoms with Gasteiger partial charge in [0.05, 0.1) is 24.7 Å². The van der Waals surface area contributed by atoms with Crippen LogP contribution in [-0.2, 0) is 9.59 Å². The number of aliphatic hydroxyl groups excluding tert-OH is 1. The zero-order valence-corrected chi connectivity index (χ0v) is 20.5. The van der Waals surface area contributed by atoms with E-state index in [4.69, 9.17) is 0 Å². The maximum absolute atomic E-state index is 13.6. The van der Waals surface area contributed by atoms with Crippen LogP contribution in [0.4, 0.5) is 0 Å². The van der Waals surface area contributed by atoms with Crippen LogP contribution in [0.3, 0.4) is 0 Å². The lowest BCUT2D eigenvalue weighted by Crippen LogP contribution is -2.49. The highest BCUT2D eigenvalue weighted by Crippen LogP contribution is 2.28. The summed E-state index contributed by atoms with van der Waals surface area (Å²) in [6.07, 6.45) is 8.40. The fourth-order valence-electron chi connectivity index (χ4n) is 4.78. The summed E-state index contributed by atoms with van der Waals surface area (Å²) in [5.74, 6) is -0.265. The number of hydrogen-bond acceptors (Lipinski definition) is 5. The number of likely N-dealkylation sites (tertiary alicyclic amines) is 1. The highest BCUT2D eigenvalue weighted by atomic mass is 16.3. The molecular formula is C27H33N5O3. The predicted molar refractivity (Wildman–Crippen MR) is 133 cm³/mol. The molecule has 1 aliphatic heterocycles. The first kappa shape index (κ1) is 24.6. The third kappa shape index (κ3) is 5.43. The normalized spacial score (nSPS) is 17.4. The number of imidazole rings is 1. The summed E-state index contributed by atoms with van der Waals surface area (Å²) in [6, 6.07) is 10.1. The van der Waals surface area contributed by atoms with Crippen molar-refractivity contribution in [2.24, 2.45) is 5.92 Å². The van der Waals surface area contributed by atoms with E-state index in [-0.39, 0.29) is 24.3 Å². The highest BCUT2D eigenvalue weighted by molar-refractivity contribution is 5.90. The third-order valence-corrected chi connectivity index (χ3v) is 6.60. The SMILES string of the molecule is Cc1cn([C@H](C(=O)N2CCC[C@H]2C(=O)N[C@@H](CO)c2ccc(-c3ccncc3)cc2)C(C)C)cn1. The van der Waals surface area contributed by atoms with Crippen molar-refractivity contribution in [1.29, 1.82) is 0 Å².